The topological polar surface area (TPSA) is 37.3 Å². The maximum absolute atomic E-state index is 10.1. The molecule has 0 saturated carbocycles. The summed E-state index contributed by atoms with van der Waals surface area (Å²) in [5.41, 5.74) is 0. The molecule has 0 aliphatic carbocycles. The lowest BCUT2D eigenvalue weighted by atomic mass is 10.1. The number of carbonyl (C=O) groups is 1. The van der Waals surface area contributed by atoms with Gasteiger partial charge >= 0.3 is 5.97 Å². The van der Waals surface area contributed by atoms with Gasteiger partial charge < -0.3 is 5.11 Å². The maximum Gasteiger partial charge on any atom is 0.304 e. The average molecular weight is 208 g/mol. The van der Waals surface area contributed by atoms with Crippen molar-refractivity contribution >= 4 is 21.9 Å². The largest absolute Gasteiger partial charge is 0.481 e. The number of carboxylic acids is 1. The highest BCUT2D eigenvalue weighted by Crippen LogP contribution is 2.12. The van der Waals surface area contributed by atoms with E-state index < -0.39 is 5.97 Å². The number of rotatable bonds is 5. The van der Waals surface area contributed by atoms with Crippen molar-refractivity contribution in [3.8, 4) is 0 Å². The van der Waals surface area contributed by atoms with Crippen LogP contribution in [0.2, 0.25) is 0 Å². The monoisotopic (exact) mass is 207 g/mol. The minimum Gasteiger partial charge on any atom is -0.481 e. The van der Waals surface area contributed by atoms with Crippen molar-refractivity contribution in [3.05, 3.63) is 6.42 Å². The van der Waals surface area contributed by atoms with Crippen LogP contribution in [0.25, 0.3) is 0 Å². The molecule has 0 spiro atoms. The van der Waals surface area contributed by atoms with Crippen LogP contribution in [0.1, 0.15) is 26.2 Å². The van der Waals surface area contributed by atoms with Gasteiger partial charge in [-0.3, -0.25) is 4.79 Å². The zero-order valence-electron chi connectivity index (χ0n) is 6.01. The van der Waals surface area contributed by atoms with Gasteiger partial charge in [0.25, 0.3) is 0 Å². The molecular formula is C7H12BrO2. The third kappa shape index (κ3) is 6.08. The quantitative estimate of drug-likeness (QED) is 0.703. The van der Waals surface area contributed by atoms with E-state index in [1.807, 2.05) is 13.3 Å². The summed E-state index contributed by atoms with van der Waals surface area (Å²) in [5.74, 6) is -0.738. The van der Waals surface area contributed by atoms with Crippen molar-refractivity contribution in [2.45, 2.75) is 31.0 Å². The van der Waals surface area contributed by atoms with Crippen molar-refractivity contribution in [1.29, 1.82) is 0 Å². The summed E-state index contributed by atoms with van der Waals surface area (Å²) in [6, 6.07) is 0. The van der Waals surface area contributed by atoms with Crippen LogP contribution in [-0.2, 0) is 4.79 Å². The van der Waals surface area contributed by atoms with Gasteiger partial charge in [-0.2, -0.15) is 0 Å². The van der Waals surface area contributed by atoms with Gasteiger partial charge in [0, 0.05) is 4.83 Å². The fourth-order valence-corrected chi connectivity index (χ4v) is 1.18. The van der Waals surface area contributed by atoms with Gasteiger partial charge in [-0.1, -0.05) is 22.9 Å². The van der Waals surface area contributed by atoms with Gasteiger partial charge in [0.15, 0.2) is 0 Å². The fraction of sp³-hybridized carbons (Fsp3) is 0.714. The zero-order chi connectivity index (χ0) is 7.98. The predicted molar refractivity (Wildman–Crippen MR) is 44.2 cm³/mol. The van der Waals surface area contributed by atoms with Crippen LogP contribution in [-0.4, -0.2) is 15.9 Å². The van der Waals surface area contributed by atoms with Gasteiger partial charge in [-0.15, -0.1) is 0 Å². The van der Waals surface area contributed by atoms with E-state index in [0.717, 1.165) is 12.8 Å². The van der Waals surface area contributed by atoms with Crippen LogP contribution < -0.4 is 0 Å². The molecule has 2 nitrogen and oxygen atoms in total. The highest BCUT2D eigenvalue weighted by Gasteiger charge is 2.07. The number of halogens is 1. The minimum absolute atomic E-state index is 0.126. The number of hydrogen-bond acceptors (Lipinski definition) is 1. The second-order valence-electron chi connectivity index (χ2n) is 2.18. The lowest BCUT2D eigenvalue weighted by Gasteiger charge is -2.03. The summed E-state index contributed by atoms with van der Waals surface area (Å²) in [5, 5.41) is 8.34. The van der Waals surface area contributed by atoms with Crippen molar-refractivity contribution in [2.75, 3.05) is 0 Å². The van der Waals surface area contributed by atoms with Crippen LogP contribution >= 0.6 is 15.9 Å². The fourth-order valence-electron chi connectivity index (χ4n) is 0.639. The Morgan fingerprint density at radius 2 is 2.40 bits per heavy atom. The first-order chi connectivity index (χ1) is 4.66. The van der Waals surface area contributed by atoms with Gasteiger partial charge in [-0.25, -0.2) is 0 Å². The Labute approximate surface area is 69.8 Å². The minimum atomic E-state index is -0.738. The van der Waals surface area contributed by atoms with Gasteiger partial charge in [0.1, 0.15) is 0 Å². The Bertz CT molecular complexity index is 104. The van der Waals surface area contributed by atoms with E-state index in [4.69, 9.17) is 5.11 Å². The summed E-state index contributed by atoms with van der Waals surface area (Å²) in [4.78, 5) is 10.3. The van der Waals surface area contributed by atoms with E-state index in [1.54, 1.807) is 0 Å². The zero-order valence-corrected chi connectivity index (χ0v) is 7.60. The highest BCUT2D eigenvalue weighted by atomic mass is 79.9. The van der Waals surface area contributed by atoms with Crippen LogP contribution in [0.4, 0.5) is 0 Å². The van der Waals surface area contributed by atoms with E-state index in [1.165, 1.54) is 0 Å². The molecule has 0 amide bonds. The molecule has 1 unspecified atom stereocenters. The molecule has 1 atom stereocenters. The highest BCUT2D eigenvalue weighted by molar-refractivity contribution is 9.09. The first kappa shape index (κ1) is 9.95. The molecular weight excluding hydrogens is 196 g/mol. The summed E-state index contributed by atoms with van der Waals surface area (Å²) in [7, 11) is 0. The Balaban J connectivity index is 3.25. The lowest BCUT2D eigenvalue weighted by Crippen LogP contribution is -2.05. The molecule has 59 valence electrons. The molecule has 0 aliphatic heterocycles. The molecule has 10 heavy (non-hydrogen) atoms. The van der Waals surface area contributed by atoms with Crippen molar-refractivity contribution in [1.82, 2.24) is 0 Å². The van der Waals surface area contributed by atoms with E-state index in [0.29, 0.717) is 0 Å². The standard InChI is InChI=1S/C7H12BrO2/c1-2-3-4-6(8)5-7(9)10/h2,6H,3-5H2,1H3,(H,9,10). The summed E-state index contributed by atoms with van der Waals surface area (Å²) >= 11 is 3.28. The van der Waals surface area contributed by atoms with Crippen molar-refractivity contribution in [2.24, 2.45) is 0 Å². The molecule has 0 aliphatic rings. The SMILES string of the molecule is C[CH]CCC(Br)CC(=O)O. The number of alkyl halides is 1. The molecule has 0 aromatic heterocycles. The van der Waals surface area contributed by atoms with Crippen LogP contribution in [0.15, 0.2) is 0 Å². The lowest BCUT2D eigenvalue weighted by molar-refractivity contribution is -0.136. The molecule has 0 aromatic carbocycles. The molecule has 0 heterocycles. The first-order valence-corrected chi connectivity index (χ1v) is 4.22. The van der Waals surface area contributed by atoms with Gasteiger partial charge in [-0.05, 0) is 19.3 Å². The van der Waals surface area contributed by atoms with E-state index >= 15 is 0 Å². The maximum atomic E-state index is 10.1. The number of unbranched alkanes of at least 4 members (excludes halogenated alkanes) is 1. The second kappa shape index (κ2) is 5.71. The molecule has 0 saturated heterocycles. The summed E-state index contributed by atoms with van der Waals surface area (Å²) < 4.78 is 0. The molecule has 0 fully saturated rings. The van der Waals surface area contributed by atoms with Gasteiger partial charge in [0.05, 0.1) is 6.42 Å². The molecule has 0 bridgehead atoms. The third-order valence-electron chi connectivity index (χ3n) is 1.16. The van der Waals surface area contributed by atoms with Crippen molar-refractivity contribution < 1.29 is 9.90 Å². The smallest absolute Gasteiger partial charge is 0.304 e. The predicted octanol–water partition coefficient (Wildman–Crippen LogP) is 2.23. The van der Waals surface area contributed by atoms with Gasteiger partial charge in [0.2, 0.25) is 0 Å². The molecule has 3 heteroatoms. The Hall–Kier alpha value is -0.0500. The number of aliphatic carboxylic acids is 1. The van der Waals surface area contributed by atoms with E-state index in [2.05, 4.69) is 15.9 Å². The van der Waals surface area contributed by atoms with E-state index in [-0.39, 0.29) is 11.2 Å². The third-order valence-corrected chi connectivity index (χ3v) is 1.95. The van der Waals surface area contributed by atoms with E-state index in [9.17, 15) is 4.79 Å². The van der Waals surface area contributed by atoms with Crippen LogP contribution in [0.5, 0.6) is 0 Å². The normalized spacial score (nSPS) is 13.0. The van der Waals surface area contributed by atoms with Crippen LogP contribution in [0.3, 0.4) is 0 Å². The molecule has 1 N–H and O–H groups in total. The number of carboxylic acid groups (broad SMARTS) is 1. The Kier molecular flexibility index (Phi) is 5.69. The Morgan fingerprint density at radius 1 is 1.80 bits per heavy atom. The van der Waals surface area contributed by atoms with Crippen molar-refractivity contribution in [3.63, 3.8) is 0 Å². The Morgan fingerprint density at radius 3 is 2.80 bits per heavy atom. The molecule has 0 rings (SSSR count). The second-order valence-corrected chi connectivity index (χ2v) is 3.48. The summed E-state index contributed by atoms with van der Waals surface area (Å²) in [6.07, 6.45) is 4.13. The molecule has 1 radical (unpaired) electrons. The number of hydrogen-bond donors (Lipinski definition) is 1. The molecule has 0 aromatic rings. The van der Waals surface area contributed by atoms with Crippen LogP contribution in [0, 0.1) is 6.42 Å². The summed E-state index contributed by atoms with van der Waals surface area (Å²) in [6.45, 7) is 1.97. The first-order valence-electron chi connectivity index (χ1n) is 3.30. The average Bonchev–Trinajstić information content (AvgIpc) is 1.82.